The highest BCUT2D eigenvalue weighted by atomic mass is 16.5. The summed E-state index contributed by atoms with van der Waals surface area (Å²) in [5.41, 5.74) is 4.81. The third-order valence-electron chi connectivity index (χ3n) is 4.71. The molecular weight excluding hydrogens is 352 g/mol. The number of nitrogens with one attached hydrogen (secondary N) is 2. The van der Waals surface area contributed by atoms with Crippen molar-refractivity contribution in [2.45, 2.75) is 5.92 Å². The van der Waals surface area contributed by atoms with Crippen LogP contribution in [-0.2, 0) is 4.74 Å². The maximum absolute atomic E-state index is 12.0. The van der Waals surface area contributed by atoms with E-state index in [1.165, 1.54) is 22.3 Å². The first kappa shape index (κ1) is 17.6. The predicted octanol–water partition coefficient (Wildman–Crippen LogP) is 3.27. The molecule has 0 saturated heterocycles. The second kappa shape index (κ2) is 7.85. The first-order chi connectivity index (χ1) is 13.7. The van der Waals surface area contributed by atoms with E-state index < -0.39 is 6.09 Å². The van der Waals surface area contributed by atoms with Crippen molar-refractivity contribution in [1.29, 1.82) is 0 Å². The van der Waals surface area contributed by atoms with Gasteiger partial charge >= 0.3 is 6.09 Å². The second-order valence-corrected chi connectivity index (χ2v) is 6.39. The van der Waals surface area contributed by atoms with Crippen molar-refractivity contribution in [3.05, 3.63) is 93.9 Å². The number of amides is 1. The van der Waals surface area contributed by atoms with E-state index in [1.807, 2.05) is 24.3 Å². The summed E-state index contributed by atoms with van der Waals surface area (Å²) in [6.07, 6.45) is 1.01. The van der Waals surface area contributed by atoms with Crippen molar-refractivity contribution in [3.8, 4) is 23.0 Å². The summed E-state index contributed by atoms with van der Waals surface area (Å²) in [4.78, 5) is 26.1. The summed E-state index contributed by atoms with van der Waals surface area (Å²) >= 11 is 0. The molecule has 138 valence electrons. The fourth-order valence-electron chi connectivity index (χ4n) is 3.43. The Morgan fingerprint density at radius 1 is 1.00 bits per heavy atom. The first-order valence-corrected chi connectivity index (χ1v) is 8.99. The van der Waals surface area contributed by atoms with Gasteiger partial charge < -0.3 is 15.0 Å². The molecule has 0 fully saturated rings. The SMILES string of the molecule is O=C(NCC#Cc1ccc[nH]c1=O)OCC1c2ccccc2-c2ccccc21. The van der Waals surface area contributed by atoms with Crippen LogP contribution < -0.4 is 10.9 Å². The highest BCUT2D eigenvalue weighted by molar-refractivity contribution is 5.79. The lowest BCUT2D eigenvalue weighted by molar-refractivity contribution is 0.144. The number of carbonyl (C=O) groups is 1. The molecule has 0 spiro atoms. The molecular formula is C23H18N2O3. The Bertz CT molecular complexity index is 1090. The van der Waals surface area contributed by atoms with Gasteiger partial charge in [-0.1, -0.05) is 60.4 Å². The Hall–Kier alpha value is -3.78. The van der Waals surface area contributed by atoms with Crippen molar-refractivity contribution in [3.63, 3.8) is 0 Å². The standard InChI is InChI=1S/C23H18N2O3/c26-22-16(7-5-13-24-22)8-6-14-25-23(27)28-15-21-19-11-3-1-9-17(19)18-10-2-4-12-20(18)21/h1-5,7,9-13,21H,14-15H2,(H,24,26)(H,25,27). The molecule has 0 radical (unpaired) electrons. The lowest BCUT2D eigenvalue weighted by Crippen LogP contribution is -2.26. The van der Waals surface area contributed by atoms with Gasteiger partial charge in [0.25, 0.3) is 5.56 Å². The van der Waals surface area contributed by atoms with Crippen LogP contribution in [-0.4, -0.2) is 24.2 Å². The number of pyridine rings is 1. The van der Waals surface area contributed by atoms with Gasteiger partial charge in [-0.15, -0.1) is 0 Å². The quantitative estimate of drug-likeness (QED) is 0.695. The van der Waals surface area contributed by atoms with Crippen LogP contribution in [0.5, 0.6) is 0 Å². The van der Waals surface area contributed by atoms with Gasteiger partial charge in [0.05, 0.1) is 12.1 Å². The Morgan fingerprint density at radius 3 is 2.36 bits per heavy atom. The van der Waals surface area contributed by atoms with Crippen molar-refractivity contribution >= 4 is 6.09 Å². The maximum Gasteiger partial charge on any atom is 0.407 e. The zero-order chi connectivity index (χ0) is 19.3. The van der Waals surface area contributed by atoms with Crippen LogP contribution in [0.1, 0.15) is 22.6 Å². The van der Waals surface area contributed by atoms with Crippen LogP contribution in [0, 0.1) is 11.8 Å². The van der Waals surface area contributed by atoms with Gasteiger partial charge in [-0.25, -0.2) is 4.79 Å². The smallest absolute Gasteiger partial charge is 0.407 e. The van der Waals surface area contributed by atoms with Crippen molar-refractivity contribution in [1.82, 2.24) is 10.3 Å². The average molecular weight is 370 g/mol. The van der Waals surface area contributed by atoms with Crippen LogP contribution in [0.4, 0.5) is 4.79 Å². The summed E-state index contributed by atoms with van der Waals surface area (Å²) in [5.74, 6) is 5.50. The molecule has 5 nitrogen and oxygen atoms in total. The Balaban J connectivity index is 1.37. The molecule has 1 aromatic heterocycles. The number of H-pyrrole nitrogens is 1. The second-order valence-electron chi connectivity index (χ2n) is 6.39. The Morgan fingerprint density at radius 2 is 1.68 bits per heavy atom. The highest BCUT2D eigenvalue weighted by Crippen LogP contribution is 2.44. The number of hydrogen-bond acceptors (Lipinski definition) is 3. The molecule has 1 aliphatic carbocycles. The van der Waals surface area contributed by atoms with E-state index in [9.17, 15) is 9.59 Å². The molecule has 0 aliphatic heterocycles. The molecule has 0 atom stereocenters. The summed E-state index contributed by atoms with van der Waals surface area (Å²) in [5, 5.41) is 2.60. The summed E-state index contributed by atoms with van der Waals surface area (Å²) in [6, 6.07) is 19.7. The van der Waals surface area contributed by atoms with Gasteiger partial charge in [0.1, 0.15) is 6.61 Å². The third-order valence-corrected chi connectivity index (χ3v) is 4.71. The number of aromatic nitrogens is 1. The lowest BCUT2D eigenvalue weighted by atomic mass is 9.98. The number of carbonyl (C=O) groups excluding carboxylic acids is 1. The van der Waals surface area contributed by atoms with Crippen LogP contribution in [0.15, 0.2) is 71.7 Å². The van der Waals surface area contributed by atoms with Gasteiger partial charge in [0, 0.05) is 12.1 Å². The van der Waals surface area contributed by atoms with E-state index in [0.717, 1.165) is 0 Å². The van der Waals surface area contributed by atoms with Gasteiger partial charge in [0.15, 0.2) is 0 Å². The van der Waals surface area contributed by atoms with Gasteiger partial charge in [-0.3, -0.25) is 4.79 Å². The molecule has 3 aromatic rings. The highest BCUT2D eigenvalue weighted by Gasteiger charge is 2.28. The van der Waals surface area contributed by atoms with E-state index in [-0.39, 0.29) is 24.6 Å². The third kappa shape index (κ3) is 3.53. The predicted molar refractivity (Wildman–Crippen MR) is 107 cm³/mol. The van der Waals surface area contributed by atoms with Gasteiger partial charge in [-0.05, 0) is 34.4 Å². The number of hydrogen-bond donors (Lipinski definition) is 2. The molecule has 5 heteroatoms. The van der Waals surface area contributed by atoms with Crippen molar-refractivity contribution in [2.75, 3.05) is 13.2 Å². The number of benzene rings is 2. The number of ether oxygens (including phenoxy) is 1. The molecule has 4 rings (SSSR count). The molecule has 28 heavy (non-hydrogen) atoms. The largest absolute Gasteiger partial charge is 0.449 e. The Labute approximate surface area is 162 Å². The molecule has 1 heterocycles. The van der Waals surface area contributed by atoms with Crippen molar-refractivity contribution < 1.29 is 9.53 Å². The Kier molecular flexibility index (Phi) is 4.94. The van der Waals surface area contributed by atoms with E-state index >= 15 is 0 Å². The topological polar surface area (TPSA) is 71.2 Å². The molecule has 2 aromatic carbocycles. The fourth-order valence-corrected chi connectivity index (χ4v) is 3.43. The zero-order valence-corrected chi connectivity index (χ0v) is 15.1. The number of rotatable bonds is 3. The fraction of sp³-hybridized carbons (Fsp3) is 0.130. The van der Waals surface area contributed by atoms with Gasteiger partial charge in [-0.2, -0.15) is 0 Å². The van der Waals surface area contributed by atoms with E-state index in [2.05, 4.69) is 46.4 Å². The van der Waals surface area contributed by atoms with Gasteiger partial charge in [0.2, 0.25) is 0 Å². The number of aromatic amines is 1. The lowest BCUT2D eigenvalue weighted by Gasteiger charge is -2.14. The number of fused-ring (bicyclic) bond motifs is 3. The minimum Gasteiger partial charge on any atom is -0.449 e. The molecule has 1 aliphatic rings. The summed E-state index contributed by atoms with van der Waals surface area (Å²) in [7, 11) is 0. The van der Waals surface area contributed by atoms with Crippen LogP contribution in [0.25, 0.3) is 11.1 Å². The van der Waals surface area contributed by atoms with E-state index in [1.54, 1.807) is 18.3 Å². The molecule has 0 unspecified atom stereocenters. The molecule has 2 N–H and O–H groups in total. The summed E-state index contributed by atoms with van der Waals surface area (Å²) < 4.78 is 5.43. The molecule has 0 bridgehead atoms. The zero-order valence-electron chi connectivity index (χ0n) is 15.1. The van der Waals surface area contributed by atoms with Crippen LogP contribution >= 0.6 is 0 Å². The minimum absolute atomic E-state index is 0.0205. The minimum atomic E-state index is -0.530. The normalized spacial score (nSPS) is 11.7. The van der Waals surface area contributed by atoms with E-state index in [4.69, 9.17) is 4.74 Å². The number of alkyl carbamates (subject to hydrolysis) is 1. The monoisotopic (exact) mass is 370 g/mol. The molecule has 0 saturated carbocycles. The van der Waals surface area contributed by atoms with Crippen LogP contribution in [0.2, 0.25) is 0 Å². The maximum atomic E-state index is 12.0. The first-order valence-electron chi connectivity index (χ1n) is 8.99. The summed E-state index contributed by atoms with van der Waals surface area (Å²) in [6.45, 7) is 0.358. The van der Waals surface area contributed by atoms with E-state index in [0.29, 0.717) is 5.56 Å². The molecule has 1 amide bonds. The average Bonchev–Trinajstić information content (AvgIpc) is 3.05. The van der Waals surface area contributed by atoms with Crippen LogP contribution in [0.3, 0.4) is 0 Å². The van der Waals surface area contributed by atoms with Crippen molar-refractivity contribution in [2.24, 2.45) is 0 Å².